The van der Waals surface area contributed by atoms with Gasteiger partial charge < -0.3 is 19.0 Å². The van der Waals surface area contributed by atoms with Gasteiger partial charge in [-0.25, -0.2) is 14.2 Å². The molecule has 1 heterocycles. The second-order valence-electron chi connectivity index (χ2n) is 11.8. The van der Waals surface area contributed by atoms with E-state index in [9.17, 15) is 4.79 Å². The molecular weight excluding hydrogens is 437 g/mol. The van der Waals surface area contributed by atoms with Crippen molar-refractivity contribution in [3.8, 4) is 0 Å². The minimum Gasteiger partial charge on any atom is -0.564 e. The molecule has 1 N–H and O–H groups in total. The van der Waals surface area contributed by atoms with Crippen LogP contribution in [0.2, 0.25) is 18.1 Å². The third-order valence-electron chi connectivity index (χ3n) is 6.85. The number of benzene rings is 1. The number of hydrogen-bond acceptors (Lipinski definition) is 4. The molecule has 3 rings (SSSR count). The van der Waals surface area contributed by atoms with Gasteiger partial charge in [0, 0.05) is 19.7 Å². The quantitative estimate of drug-likeness (QED) is 0.539. The van der Waals surface area contributed by atoms with Gasteiger partial charge in [0.15, 0.2) is 5.82 Å². The van der Waals surface area contributed by atoms with Crippen molar-refractivity contribution < 1.29 is 18.3 Å². The van der Waals surface area contributed by atoms with Crippen LogP contribution in [0.1, 0.15) is 58.5 Å². The van der Waals surface area contributed by atoms with Gasteiger partial charge in [0.2, 0.25) is 0 Å². The number of rotatable bonds is 6. The number of fused-ring (bicyclic) bond motifs is 2. The SMILES string of the molecule is Cc1nc2cc3c(c(F)c2n1CCNC(=O)OC(C)(C)C)CC(CO[Si-](C)(C)C(C)(C)C)C3. The Labute approximate surface area is 198 Å². The summed E-state index contributed by atoms with van der Waals surface area (Å²) in [4.78, 5) is 16.6. The van der Waals surface area contributed by atoms with E-state index < -0.39 is 20.0 Å². The van der Waals surface area contributed by atoms with E-state index in [1.165, 1.54) is 0 Å². The number of amides is 1. The Morgan fingerprint density at radius 3 is 2.52 bits per heavy atom. The van der Waals surface area contributed by atoms with Crippen LogP contribution in [0.5, 0.6) is 0 Å². The number of aromatic nitrogens is 2. The van der Waals surface area contributed by atoms with E-state index in [2.05, 4.69) is 44.2 Å². The lowest BCUT2D eigenvalue weighted by Gasteiger charge is -2.49. The highest BCUT2D eigenvalue weighted by molar-refractivity contribution is 6.74. The Hall–Kier alpha value is -1.93. The smallest absolute Gasteiger partial charge is 0.407 e. The van der Waals surface area contributed by atoms with Crippen LogP contribution >= 0.6 is 0 Å². The van der Waals surface area contributed by atoms with Crippen LogP contribution in [0.4, 0.5) is 9.18 Å². The van der Waals surface area contributed by atoms with Gasteiger partial charge >= 0.3 is 6.09 Å². The molecule has 0 radical (unpaired) electrons. The molecule has 1 aromatic heterocycles. The Kier molecular flexibility index (Phi) is 7.02. The van der Waals surface area contributed by atoms with Gasteiger partial charge in [0.05, 0.1) is 5.52 Å². The summed E-state index contributed by atoms with van der Waals surface area (Å²) in [5, 5.41) is 2.90. The van der Waals surface area contributed by atoms with Crippen LogP contribution in [0.3, 0.4) is 0 Å². The molecule has 185 valence electrons. The van der Waals surface area contributed by atoms with E-state index in [4.69, 9.17) is 9.16 Å². The van der Waals surface area contributed by atoms with Gasteiger partial charge in [0.25, 0.3) is 0 Å². The molecule has 33 heavy (non-hydrogen) atoms. The average Bonchev–Trinajstić information content (AvgIpc) is 3.19. The number of halogens is 1. The molecule has 1 unspecified atom stereocenters. The van der Waals surface area contributed by atoms with Crippen molar-refractivity contribution in [1.82, 2.24) is 14.9 Å². The number of imidazole rings is 1. The second-order valence-corrected chi connectivity index (χ2v) is 16.6. The van der Waals surface area contributed by atoms with Crippen LogP contribution in [0.15, 0.2) is 6.07 Å². The normalized spacial score (nSPS) is 16.8. The highest BCUT2D eigenvalue weighted by Crippen LogP contribution is 2.39. The molecule has 1 aliphatic rings. The summed E-state index contributed by atoms with van der Waals surface area (Å²) >= 11 is 0. The van der Waals surface area contributed by atoms with Gasteiger partial charge in [-0.05, 0) is 72.0 Å². The van der Waals surface area contributed by atoms with Crippen LogP contribution < -0.4 is 5.32 Å². The van der Waals surface area contributed by atoms with Gasteiger partial charge in [-0.2, -0.15) is 0 Å². The molecule has 0 saturated heterocycles. The average molecular weight is 478 g/mol. The van der Waals surface area contributed by atoms with Crippen molar-refractivity contribution >= 4 is 25.4 Å². The summed E-state index contributed by atoms with van der Waals surface area (Å²) in [5.41, 5.74) is 2.46. The summed E-state index contributed by atoms with van der Waals surface area (Å²) in [6.07, 6.45) is 1.03. The second kappa shape index (κ2) is 9.02. The Balaban J connectivity index is 1.72. The van der Waals surface area contributed by atoms with Gasteiger partial charge in [0.1, 0.15) is 16.9 Å². The first-order chi connectivity index (χ1) is 15.1. The fourth-order valence-electron chi connectivity index (χ4n) is 4.05. The molecule has 1 atom stereocenters. The molecule has 1 amide bonds. The summed E-state index contributed by atoms with van der Waals surface area (Å²) in [5.74, 6) is 0.838. The van der Waals surface area contributed by atoms with Gasteiger partial charge in [-0.1, -0.05) is 20.8 Å². The minimum atomic E-state index is -1.84. The molecule has 0 spiro atoms. The van der Waals surface area contributed by atoms with E-state index in [-0.39, 0.29) is 10.9 Å². The third kappa shape index (κ3) is 5.77. The van der Waals surface area contributed by atoms with Crippen molar-refractivity contribution in [2.45, 2.75) is 91.6 Å². The number of nitrogens with one attached hydrogen (secondary N) is 1. The zero-order valence-corrected chi connectivity index (χ0v) is 22.7. The highest BCUT2D eigenvalue weighted by Gasteiger charge is 2.30. The minimum absolute atomic E-state index is 0.158. The molecule has 2 aromatic rings. The Bertz CT molecular complexity index is 1030. The zero-order chi connectivity index (χ0) is 24.8. The number of alkyl carbamates (subject to hydrolysis) is 1. The number of hydrogen-bond donors (Lipinski definition) is 1. The van der Waals surface area contributed by atoms with E-state index >= 15 is 4.39 Å². The Morgan fingerprint density at radius 2 is 1.91 bits per heavy atom. The topological polar surface area (TPSA) is 65.4 Å². The predicted molar refractivity (Wildman–Crippen MR) is 133 cm³/mol. The fourth-order valence-corrected chi connectivity index (χ4v) is 5.13. The zero-order valence-electron chi connectivity index (χ0n) is 21.7. The number of nitrogens with zero attached hydrogens (tertiary/aromatic N) is 2. The Morgan fingerprint density at radius 1 is 1.24 bits per heavy atom. The molecule has 0 bridgehead atoms. The molecular formula is C25H40FN3O3Si-. The standard InChI is InChI=1S/C25H40FN3O3Si/c1-16-28-20-14-18-12-17(15-31-33(8,9)25(5,6)7)13-19(18)21(26)22(20)29(16)11-10-27-23(30)32-24(2,3)4/h14,17H,10-13,15H2,1-9H3,(H,27,30)/q-1. The molecule has 0 aliphatic heterocycles. The highest BCUT2D eigenvalue weighted by atomic mass is 28.4. The van der Waals surface area contributed by atoms with Crippen molar-refractivity contribution in [3.63, 3.8) is 0 Å². The maximum atomic E-state index is 15.7. The fraction of sp³-hybridized carbons (Fsp3) is 0.680. The van der Waals surface area contributed by atoms with E-state index in [1.807, 2.05) is 38.3 Å². The molecule has 0 saturated carbocycles. The van der Waals surface area contributed by atoms with Crippen LogP contribution in [-0.4, -0.2) is 42.7 Å². The summed E-state index contributed by atoms with van der Waals surface area (Å²) in [7, 11) is -1.84. The first-order valence-electron chi connectivity index (χ1n) is 11.9. The molecule has 1 aliphatic carbocycles. The monoisotopic (exact) mass is 477 g/mol. The van der Waals surface area contributed by atoms with Gasteiger partial charge in [-0.3, -0.25) is 0 Å². The first kappa shape index (κ1) is 25.7. The molecule has 1 aromatic carbocycles. The van der Waals surface area contributed by atoms with E-state index in [0.29, 0.717) is 43.1 Å². The van der Waals surface area contributed by atoms with Crippen molar-refractivity contribution in [2.24, 2.45) is 5.92 Å². The molecule has 8 heteroatoms. The van der Waals surface area contributed by atoms with Crippen LogP contribution in [-0.2, 0) is 28.5 Å². The predicted octanol–water partition coefficient (Wildman–Crippen LogP) is 5.75. The lowest BCUT2D eigenvalue weighted by molar-refractivity contribution is 0.0526. The number of carbonyl (C=O) groups is 1. The summed E-state index contributed by atoms with van der Waals surface area (Å²) in [6, 6.07) is 2.03. The van der Waals surface area contributed by atoms with Crippen LogP contribution in [0, 0.1) is 18.7 Å². The van der Waals surface area contributed by atoms with Crippen LogP contribution in [0.25, 0.3) is 11.0 Å². The van der Waals surface area contributed by atoms with Crippen molar-refractivity contribution in [1.29, 1.82) is 0 Å². The maximum absolute atomic E-state index is 15.7. The largest absolute Gasteiger partial charge is 0.564 e. The molecule has 0 fully saturated rings. The molecule has 6 nitrogen and oxygen atoms in total. The van der Waals surface area contributed by atoms with Crippen molar-refractivity contribution in [2.75, 3.05) is 13.2 Å². The van der Waals surface area contributed by atoms with Crippen molar-refractivity contribution in [3.05, 3.63) is 28.8 Å². The van der Waals surface area contributed by atoms with E-state index in [1.54, 1.807) is 0 Å². The lowest BCUT2D eigenvalue weighted by Crippen LogP contribution is -2.42. The number of ether oxygens (including phenoxy) is 1. The van der Waals surface area contributed by atoms with E-state index in [0.717, 1.165) is 23.4 Å². The number of aryl methyl sites for hydroxylation is 1. The maximum Gasteiger partial charge on any atom is 0.407 e. The number of carbonyl (C=O) groups excluding carboxylic acids is 1. The summed E-state index contributed by atoms with van der Waals surface area (Å²) in [6.45, 7) is 20.0. The lowest BCUT2D eigenvalue weighted by atomic mass is 10.1. The third-order valence-corrected chi connectivity index (χ3v) is 11.3. The van der Waals surface area contributed by atoms with Gasteiger partial charge in [-0.15, -0.1) is 18.1 Å². The summed E-state index contributed by atoms with van der Waals surface area (Å²) < 4.78 is 29.2. The first-order valence-corrected chi connectivity index (χ1v) is 14.8.